The number of pyridine rings is 2. The number of carbonyl (C=O) groups is 1. The summed E-state index contributed by atoms with van der Waals surface area (Å²) in [6, 6.07) is 9.04. The third kappa shape index (κ3) is 3.78. The van der Waals surface area contributed by atoms with Crippen LogP contribution in [0, 0.1) is 6.92 Å². The van der Waals surface area contributed by atoms with Gasteiger partial charge in [0.25, 0.3) is 5.91 Å². The molecular formula is C15H16ClN3O. The summed E-state index contributed by atoms with van der Waals surface area (Å²) >= 11 is 5.91. The highest BCUT2D eigenvalue weighted by Gasteiger charge is 2.09. The van der Waals surface area contributed by atoms with E-state index in [1.807, 2.05) is 32.0 Å². The van der Waals surface area contributed by atoms with Gasteiger partial charge >= 0.3 is 0 Å². The van der Waals surface area contributed by atoms with Crippen molar-refractivity contribution in [3.05, 3.63) is 58.1 Å². The lowest BCUT2D eigenvalue weighted by molar-refractivity contribution is 0.0950. The number of halogens is 1. The summed E-state index contributed by atoms with van der Waals surface area (Å²) in [4.78, 5) is 20.6. The van der Waals surface area contributed by atoms with Crippen LogP contribution in [0.4, 0.5) is 0 Å². The lowest BCUT2D eigenvalue weighted by atomic mass is 10.2. The van der Waals surface area contributed by atoms with Crippen LogP contribution in [-0.2, 0) is 13.0 Å². The van der Waals surface area contributed by atoms with Crippen molar-refractivity contribution >= 4 is 17.5 Å². The zero-order valence-corrected chi connectivity index (χ0v) is 12.2. The highest BCUT2D eigenvalue weighted by Crippen LogP contribution is 2.11. The maximum atomic E-state index is 12.1. The van der Waals surface area contributed by atoms with Crippen LogP contribution in [0.1, 0.15) is 34.4 Å². The molecule has 0 saturated heterocycles. The Labute approximate surface area is 123 Å². The van der Waals surface area contributed by atoms with Gasteiger partial charge in [-0.15, -0.1) is 0 Å². The van der Waals surface area contributed by atoms with Gasteiger partial charge in [-0.3, -0.25) is 9.78 Å². The van der Waals surface area contributed by atoms with Crippen molar-refractivity contribution in [1.29, 1.82) is 0 Å². The van der Waals surface area contributed by atoms with E-state index < -0.39 is 0 Å². The molecule has 0 saturated carbocycles. The number of nitrogens with one attached hydrogen (secondary N) is 1. The predicted octanol–water partition coefficient (Wildman–Crippen LogP) is 2.93. The highest BCUT2D eigenvalue weighted by atomic mass is 35.5. The van der Waals surface area contributed by atoms with E-state index in [4.69, 9.17) is 11.6 Å². The standard InChI is InChI=1S/C15H16ClN3O/c1-3-12-7-11(8-14(16)19-12)15(20)17-9-13-6-4-5-10(2)18-13/h4-8H,3,9H2,1-2H3,(H,17,20). The van der Waals surface area contributed by atoms with Crippen LogP contribution in [0.2, 0.25) is 5.15 Å². The fourth-order valence-corrected chi connectivity index (χ4v) is 2.06. The Morgan fingerprint density at radius 2 is 2.05 bits per heavy atom. The summed E-state index contributed by atoms with van der Waals surface area (Å²) < 4.78 is 0. The number of hydrogen-bond donors (Lipinski definition) is 1. The summed E-state index contributed by atoms with van der Waals surface area (Å²) in [5.41, 5.74) is 3.08. The molecule has 2 rings (SSSR count). The fraction of sp³-hybridized carbons (Fsp3) is 0.267. The Morgan fingerprint density at radius 1 is 1.25 bits per heavy atom. The van der Waals surface area contributed by atoms with Crippen LogP contribution in [0.15, 0.2) is 30.3 Å². The minimum absolute atomic E-state index is 0.174. The smallest absolute Gasteiger partial charge is 0.251 e. The van der Waals surface area contributed by atoms with Gasteiger partial charge in [0.1, 0.15) is 5.15 Å². The van der Waals surface area contributed by atoms with Crippen LogP contribution >= 0.6 is 11.6 Å². The maximum Gasteiger partial charge on any atom is 0.251 e. The molecule has 20 heavy (non-hydrogen) atoms. The van der Waals surface area contributed by atoms with Crippen molar-refractivity contribution in [3.8, 4) is 0 Å². The van der Waals surface area contributed by atoms with Crippen molar-refractivity contribution in [1.82, 2.24) is 15.3 Å². The quantitative estimate of drug-likeness (QED) is 0.881. The number of nitrogens with zero attached hydrogens (tertiary/aromatic N) is 2. The Bertz CT molecular complexity index is 628. The average molecular weight is 290 g/mol. The van der Waals surface area contributed by atoms with Crippen molar-refractivity contribution in [2.45, 2.75) is 26.8 Å². The fourth-order valence-electron chi connectivity index (χ4n) is 1.83. The molecule has 4 nitrogen and oxygen atoms in total. The minimum Gasteiger partial charge on any atom is -0.346 e. The number of rotatable bonds is 4. The summed E-state index contributed by atoms with van der Waals surface area (Å²) in [6.07, 6.45) is 0.736. The Morgan fingerprint density at radius 3 is 2.75 bits per heavy atom. The Kier molecular flexibility index (Phi) is 4.69. The monoisotopic (exact) mass is 289 g/mol. The second-order valence-electron chi connectivity index (χ2n) is 4.48. The van der Waals surface area contributed by atoms with Gasteiger partial charge in [-0.2, -0.15) is 0 Å². The number of carbonyl (C=O) groups excluding carboxylic acids is 1. The van der Waals surface area contributed by atoms with E-state index in [0.717, 1.165) is 23.5 Å². The van der Waals surface area contributed by atoms with E-state index >= 15 is 0 Å². The molecule has 2 aromatic heterocycles. The largest absolute Gasteiger partial charge is 0.346 e. The van der Waals surface area contributed by atoms with E-state index in [0.29, 0.717) is 17.3 Å². The van der Waals surface area contributed by atoms with Gasteiger partial charge in [0.2, 0.25) is 0 Å². The van der Waals surface area contributed by atoms with Crippen molar-refractivity contribution in [2.75, 3.05) is 0 Å². The van der Waals surface area contributed by atoms with Crippen LogP contribution in [0.5, 0.6) is 0 Å². The van der Waals surface area contributed by atoms with Crippen molar-refractivity contribution in [3.63, 3.8) is 0 Å². The second kappa shape index (κ2) is 6.48. The average Bonchev–Trinajstić information content (AvgIpc) is 2.44. The molecule has 0 aliphatic rings. The number of aromatic nitrogens is 2. The lowest BCUT2D eigenvalue weighted by Gasteiger charge is -2.07. The minimum atomic E-state index is -0.174. The SMILES string of the molecule is CCc1cc(C(=O)NCc2cccc(C)n2)cc(Cl)n1. The summed E-state index contributed by atoms with van der Waals surface area (Å²) in [7, 11) is 0. The molecule has 0 aromatic carbocycles. The maximum absolute atomic E-state index is 12.1. The van der Waals surface area contributed by atoms with E-state index in [-0.39, 0.29) is 5.91 Å². The molecule has 1 amide bonds. The summed E-state index contributed by atoms with van der Waals surface area (Å²) in [6.45, 7) is 4.28. The first kappa shape index (κ1) is 14.5. The number of amides is 1. The van der Waals surface area contributed by atoms with Crippen molar-refractivity contribution in [2.24, 2.45) is 0 Å². The molecule has 0 bridgehead atoms. The molecule has 0 fully saturated rings. The molecule has 104 valence electrons. The van der Waals surface area contributed by atoms with Gasteiger partial charge < -0.3 is 5.32 Å². The summed E-state index contributed by atoms with van der Waals surface area (Å²) in [5, 5.41) is 3.17. The topological polar surface area (TPSA) is 54.9 Å². The van der Waals surface area contributed by atoms with Gasteiger partial charge in [0.05, 0.1) is 12.2 Å². The second-order valence-corrected chi connectivity index (χ2v) is 4.86. The molecule has 0 aliphatic carbocycles. The van der Waals surface area contributed by atoms with Gasteiger partial charge in [0.15, 0.2) is 0 Å². The van der Waals surface area contributed by atoms with Crippen LogP contribution in [0.25, 0.3) is 0 Å². The zero-order valence-electron chi connectivity index (χ0n) is 11.5. The number of hydrogen-bond acceptors (Lipinski definition) is 3. The van der Waals surface area contributed by atoms with E-state index in [1.54, 1.807) is 12.1 Å². The molecular weight excluding hydrogens is 274 g/mol. The zero-order chi connectivity index (χ0) is 14.5. The van der Waals surface area contributed by atoms with Gasteiger partial charge in [0, 0.05) is 17.0 Å². The molecule has 0 aliphatic heterocycles. The highest BCUT2D eigenvalue weighted by molar-refractivity contribution is 6.29. The molecule has 0 unspecified atom stereocenters. The third-order valence-electron chi connectivity index (χ3n) is 2.85. The summed E-state index contributed by atoms with van der Waals surface area (Å²) in [5.74, 6) is -0.174. The van der Waals surface area contributed by atoms with E-state index in [9.17, 15) is 4.79 Å². The molecule has 2 heterocycles. The molecule has 0 radical (unpaired) electrons. The van der Waals surface area contributed by atoms with Gasteiger partial charge in [-0.05, 0) is 37.6 Å². The number of aryl methyl sites for hydroxylation is 2. The Hall–Kier alpha value is -1.94. The van der Waals surface area contributed by atoms with Gasteiger partial charge in [-0.25, -0.2) is 4.98 Å². The Balaban J connectivity index is 2.07. The van der Waals surface area contributed by atoms with Crippen LogP contribution in [0.3, 0.4) is 0 Å². The van der Waals surface area contributed by atoms with Crippen LogP contribution < -0.4 is 5.32 Å². The van der Waals surface area contributed by atoms with Gasteiger partial charge in [-0.1, -0.05) is 24.6 Å². The van der Waals surface area contributed by atoms with E-state index in [2.05, 4.69) is 15.3 Å². The van der Waals surface area contributed by atoms with E-state index in [1.165, 1.54) is 0 Å². The first-order chi connectivity index (χ1) is 9.58. The molecule has 0 spiro atoms. The normalized spacial score (nSPS) is 10.3. The molecule has 5 heteroatoms. The van der Waals surface area contributed by atoms with Crippen molar-refractivity contribution < 1.29 is 4.79 Å². The lowest BCUT2D eigenvalue weighted by Crippen LogP contribution is -2.23. The predicted molar refractivity (Wildman–Crippen MR) is 78.8 cm³/mol. The third-order valence-corrected chi connectivity index (χ3v) is 3.04. The first-order valence-corrected chi connectivity index (χ1v) is 6.83. The van der Waals surface area contributed by atoms with Crippen LogP contribution in [-0.4, -0.2) is 15.9 Å². The molecule has 1 N–H and O–H groups in total. The first-order valence-electron chi connectivity index (χ1n) is 6.45. The molecule has 0 atom stereocenters. The molecule has 2 aromatic rings.